The number of phenolic OH excluding ortho intramolecular Hbond substituents is 1. The summed E-state index contributed by atoms with van der Waals surface area (Å²) in [6.45, 7) is 9.51. The summed E-state index contributed by atoms with van der Waals surface area (Å²) in [4.78, 5) is 48.2. The van der Waals surface area contributed by atoms with Gasteiger partial charge in [-0.15, -0.1) is 0 Å². The molecule has 37 heavy (non-hydrogen) atoms. The molecule has 0 aliphatic rings. The Morgan fingerprint density at radius 1 is 0.973 bits per heavy atom. The molecular formula is C25H38N2O8S2. The summed E-state index contributed by atoms with van der Waals surface area (Å²) in [5.41, 5.74) is 0.382. The number of aromatic hydroxyl groups is 1. The number of phenols is 1. The zero-order valence-electron chi connectivity index (χ0n) is 21.9. The van der Waals surface area contributed by atoms with Crippen LogP contribution in [0.15, 0.2) is 24.3 Å². The summed E-state index contributed by atoms with van der Waals surface area (Å²) in [7, 11) is 2.19. The molecule has 0 saturated heterocycles. The predicted molar refractivity (Wildman–Crippen MR) is 144 cm³/mol. The maximum atomic E-state index is 12.9. The maximum Gasteiger partial charge on any atom is 0.327 e. The Bertz CT molecular complexity index is 920. The van der Waals surface area contributed by atoms with Gasteiger partial charge < -0.3 is 30.7 Å². The highest BCUT2D eigenvalue weighted by Crippen LogP contribution is 2.24. The Hall–Kier alpha value is -2.44. The van der Waals surface area contributed by atoms with Crippen molar-refractivity contribution in [1.82, 2.24) is 10.6 Å². The second-order valence-corrected chi connectivity index (χ2v) is 12.8. The van der Waals surface area contributed by atoms with Gasteiger partial charge in [0.05, 0.1) is 6.61 Å². The van der Waals surface area contributed by atoms with Gasteiger partial charge in [-0.2, -0.15) is 0 Å². The zero-order valence-corrected chi connectivity index (χ0v) is 23.5. The van der Waals surface area contributed by atoms with Crippen molar-refractivity contribution in [2.75, 3.05) is 11.5 Å². The van der Waals surface area contributed by atoms with Crippen LogP contribution in [0.4, 0.5) is 0 Å². The molecule has 0 heterocycles. The van der Waals surface area contributed by atoms with E-state index in [2.05, 4.69) is 10.6 Å². The average molecular weight is 559 g/mol. The van der Waals surface area contributed by atoms with Crippen LogP contribution in [0.25, 0.3) is 0 Å². The van der Waals surface area contributed by atoms with Crippen LogP contribution >= 0.6 is 21.6 Å². The summed E-state index contributed by atoms with van der Waals surface area (Å²) in [5, 5.41) is 33.6. The van der Waals surface area contributed by atoms with E-state index in [1.165, 1.54) is 12.1 Å². The first-order valence-electron chi connectivity index (χ1n) is 11.9. The number of ether oxygens (including phenoxy) is 1. The lowest BCUT2D eigenvalue weighted by molar-refractivity contribution is -0.144. The molecule has 0 radical (unpaired) electrons. The Kier molecular flexibility index (Phi) is 13.9. The van der Waals surface area contributed by atoms with E-state index in [1.54, 1.807) is 12.1 Å². The van der Waals surface area contributed by atoms with Gasteiger partial charge in [0, 0.05) is 17.9 Å². The van der Waals surface area contributed by atoms with Crippen LogP contribution in [0.3, 0.4) is 0 Å². The number of carboxylic acid groups (broad SMARTS) is 2. The largest absolute Gasteiger partial charge is 0.508 e. The number of hydrogen-bond acceptors (Lipinski definition) is 8. The number of nitrogens with one attached hydrogen (secondary N) is 2. The minimum Gasteiger partial charge on any atom is -0.508 e. The monoisotopic (exact) mass is 558 g/mol. The van der Waals surface area contributed by atoms with Gasteiger partial charge >= 0.3 is 11.9 Å². The fourth-order valence-electron chi connectivity index (χ4n) is 3.10. The molecule has 2 amide bonds. The van der Waals surface area contributed by atoms with Crippen LogP contribution in [0.2, 0.25) is 0 Å². The van der Waals surface area contributed by atoms with Crippen molar-refractivity contribution < 1.29 is 39.2 Å². The molecule has 0 aliphatic carbocycles. The molecule has 3 atom stereocenters. The topological polar surface area (TPSA) is 162 Å². The summed E-state index contributed by atoms with van der Waals surface area (Å²) in [6.07, 6.45) is -0.350. The van der Waals surface area contributed by atoms with Crippen molar-refractivity contribution in [2.45, 2.75) is 72.3 Å². The predicted octanol–water partition coefficient (Wildman–Crippen LogP) is 3.28. The molecule has 0 bridgehead atoms. The van der Waals surface area contributed by atoms with Crippen molar-refractivity contribution in [3.8, 4) is 5.75 Å². The summed E-state index contributed by atoms with van der Waals surface area (Å²) < 4.78 is 5.76. The molecule has 10 nitrogen and oxygen atoms in total. The molecule has 208 valence electrons. The smallest absolute Gasteiger partial charge is 0.327 e. The maximum absolute atomic E-state index is 12.9. The number of carbonyl (C=O) groups is 4. The molecule has 0 spiro atoms. The second-order valence-electron chi connectivity index (χ2n) is 10.3. The van der Waals surface area contributed by atoms with Gasteiger partial charge in [-0.05, 0) is 35.4 Å². The van der Waals surface area contributed by atoms with Crippen LogP contribution in [-0.4, -0.2) is 68.8 Å². The number of carbonyl (C=O) groups excluding carboxylic acids is 2. The normalized spacial score (nSPS) is 14.0. The van der Waals surface area contributed by atoms with Gasteiger partial charge in [0.1, 0.15) is 23.9 Å². The summed E-state index contributed by atoms with van der Waals surface area (Å²) >= 11 is 0. The molecule has 0 saturated carbocycles. The third-order valence-electron chi connectivity index (χ3n) is 4.83. The molecule has 1 aromatic rings. The van der Waals surface area contributed by atoms with Crippen molar-refractivity contribution in [1.29, 1.82) is 0 Å². The number of carboxylic acids is 2. The SMILES string of the molecule is CC(C)C[C@@H](OCc1cccc(O)c1)C(=O)NC(CSSCC(NC(=O)CC(C)(C)C)C(=O)O)C(=O)O. The third kappa shape index (κ3) is 14.2. The van der Waals surface area contributed by atoms with Crippen LogP contribution in [-0.2, 0) is 30.5 Å². The molecule has 2 unspecified atom stereocenters. The van der Waals surface area contributed by atoms with Crippen LogP contribution in [0.1, 0.15) is 53.0 Å². The molecule has 1 aromatic carbocycles. The van der Waals surface area contributed by atoms with Gasteiger partial charge in [0.2, 0.25) is 11.8 Å². The Labute approximate surface area is 225 Å². The standard InChI is InChI=1S/C25H38N2O8S2/c1-15(2)9-20(35-12-16-7-6-8-17(28)10-16)22(30)27-19(24(33)34)14-37-36-13-18(23(31)32)26-21(29)11-25(3,4)5/h6-8,10,15,18-20,28H,9,11-14H2,1-5H3,(H,26,29)(H,27,30)(H,31,32)(H,33,34)/t18?,19?,20-/m1/s1. The first-order valence-corrected chi connectivity index (χ1v) is 14.4. The van der Waals surface area contributed by atoms with Gasteiger partial charge in [-0.1, -0.05) is 68.3 Å². The quantitative estimate of drug-likeness (QED) is 0.150. The van der Waals surface area contributed by atoms with Crippen LogP contribution in [0.5, 0.6) is 5.75 Å². The summed E-state index contributed by atoms with van der Waals surface area (Å²) in [5.74, 6) is -3.16. The minimum absolute atomic E-state index is 0.0189. The molecule has 12 heteroatoms. The van der Waals surface area contributed by atoms with E-state index in [0.29, 0.717) is 12.0 Å². The highest BCUT2D eigenvalue weighted by atomic mass is 33.1. The Morgan fingerprint density at radius 2 is 1.54 bits per heavy atom. The van der Waals surface area contributed by atoms with E-state index < -0.39 is 36.0 Å². The molecule has 1 rings (SSSR count). The lowest BCUT2D eigenvalue weighted by Crippen LogP contribution is -2.47. The lowest BCUT2D eigenvalue weighted by atomic mass is 9.92. The minimum atomic E-state index is -1.23. The van der Waals surface area contributed by atoms with Crippen molar-refractivity contribution >= 4 is 45.3 Å². The van der Waals surface area contributed by atoms with E-state index in [4.69, 9.17) is 4.74 Å². The van der Waals surface area contributed by atoms with Gasteiger partial charge in [-0.25, -0.2) is 9.59 Å². The van der Waals surface area contributed by atoms with Crippen molar-refractivity contribution in [2.24, 2.45) is 11.3 Å². The van der Waals surface area contributed by atoms with Crippen molar-refractivity contribution in [3.05, 3.63) is 29.8 Å². The van der Waals surface area contributed by atoms with Crippen molar-refractivity contribution in [3.63, 3.8) is 0 Å². The first-order chi connectivity index (χ1) is 17.2. The Morgan fingerprint density at radius 3 is 2.03 bits per heavy atom. The van der Waals surface area contributed by atoms with E-state index in [0.717, 1.165) is 21.6 Å². The molecule has 0 aromatic heterocycles. The number of rotatable bonds is 16. The van der Waals surface area contributed by atoms with Gasteiger partial charge in [0.15, 0.2) is 0 Å². The molecule has 5 N–H and O–H groups in total. The number of amides is 2. The van der Waals surface area contributed by atoms with E-state index >= 15 is 0 Å². The van der Waals surface area contributed by atoms with E-state index in [1.807, 2.05) is 34.6 Å². The van der Waals surface area contributed by atoms with Crippen LogP contribution in [0, 0.1) is 11.3 Å². The fraction of sp³-hybridized carbons (Fsp3) is 0.600. The van der Waals surface area contributed by atoms with Crippen LogP contribution < -0.4 is 10.6 Å². The molecule has 0 fully saturated rings. The summed E-state index contributed by atoms with van der Waals surface area (Å²) in [6, 6.07) is 4.11. The second kappa shape index (κ2) is 15.7. The lowest BCUT2D eigenvalue weighted by Gasteiger charge is -2.22. The van der Waals surface area contributed by atoms with Gasteiger partial charge in [0.25, 0.3) is 0 Å². The average Bonchev–Trinajstić information content (AvgIpc) is 2.75. The molecular weight excluding hydrogens is 520 g/mol. The first kappa shape index (κ1) is 32.6. The number of hydrogen-bond donors (Lipinski definition) is 5. The third-order valence-corrected chi connectivity index (χ3v) is 7.25. The number of aliphatic carboxylic acids is 2. The number of benzene rings is 1. The highest BCUT2D eigenvalue weighted by Gasteiger charge is 2.28. The van der Waals surface area contributed by atoms with E-state index in [-0.39, 0.29) is 47.5 Å². The Balaban J connectivity index is 2.65. The zero-order chi connectivity index (χ0) is 28.2. The fourth-order valence-corrected chi connectivity index (χ4v) is 5.41. The molecule has 0 aliphatic heterocycles. The van der Waals surface area contributed by atoms with E-state index in [9.17, 15) is 34.5 Å². The highest BCUT2D eigenvalue weighted by molar-refractivity contribution is 8.76. The van der Waals surface area contributed by atoms with Gasteiger partial charge in [-0.3, -0.25) is 9.59 Å².